The molecule has 1 rings (SSSR count). The summed E-state index contributed by atoms with van der Waals surface area (Å²) in [5, 5.41) is 9.20. The smallest absolute Gasteiger partial charge is 0.337 e. The molecule has 12 heavy (non-hydrogen) atoms. The molecule has 5 nitrogen and oxygen atoms in total. The molecule has 0 radical (unpaired) electrons. The minimum absolute atomic E-state index is 0.381. The van der Waals surface area contributed by atoms with E-state index in [1.807, 2.05) is 20.8 Å². The number of hydrogen-bond acceptors (Lipinski definition) is 4. The van der Waals surface area contributed by atoms with E-state index in [4.69, 9.17) is 4.74 Å². The Bertz CT molecular complexity index is 199. The highest BCUT2D eigenvalue weighted by Gasteiger charge is 1.98. The zero-order valence-electron chi connectivity index (χ0n) is 8.01. The number of nitrogens with one attached hydrogen (secondary N) is 2. The molecule has 0 unspecified atom stereocenters. The van der Waals surface area contributed by atoms with Crippen LogP contribution in [0, 0.1) is 0 Å². The quantitative estimate of drug-likeness (QED) is 0.720. The van der Waals surface area contributed by atoms with E-state index in [1.54, 1.807) is 7.05 Å². The van der Waals surface area contributed by atoms with E-state index in [9.17, 15) is 0 Å². The van der Waals surface area contributed by atoms with E-state index in [1.165, 1.54) is 0 Å². The number of aromatic nitrogens is 3. The standard InChI is InChI=1S/C5H10N4O.C2H6/c1-3-10-5-7-4(6-2)8-9-5;1-2/h3H2,1-2H3,(H2,6,7,8,9);1-2H3. The van der Waals surface area contributed by atoms with Crippen molar-refractivity contribution in [2.24, 2.45) is 0 Å². The molecule has 1 aromatic heterocycles. The van der Waals surface area contributed by atoms with Gasteiger partial charge in [0.1, 0.15) is 0 Å². The SMILES string of the molecule is CC.CCOc1n[nH]c(NC)n1. The number of anilines is 1. The molecular weight excluding hydrogens is 156 g/mol. The fraction of sp³-hybridized carbons (Fsp3) is 0.714. The molecule has 0 aliphatic rings. The molecule has 0 aliphatic carbocycles. The zero-order valence-corrected chi connectivity index (χ0v) is 8.01. The molecule has 0 saturated heterocycles. The number of aromatic amines is 1. The van der Waals surface area contributed by atoms with Crippen LogP contribution in [0.3, 0.4) is 0 Å². The number of nitrogens with zero attached hydrogens (tertiary/aromatic N) is 2. The number of rotatable bonds is 3. The second-order valence-corrected chi connectivity index (χ2v) is 1.65. The van der Waals surface area contributed by atoms with Gasteiger partial charge in [-0.25, -0.2) is 5.10 Å². The molecule has 0 aliphatic heterocycles. The Hall–Kier alpha value is -1.26. The Labute approximate surface area is 72.5 Å². The minimum Gasteiger partial charge on any atom is -0.463 e. The monoisotopic (exact) mass is 172 g/mol. The van der Waals surface area contributed by atoms with Crippen LogP contribution in [-0.4, -0.2) is 28.8 Å². The van der Waals surface area contributed by atoms with Gasteiger partial charge in [0.15, 0.2) is 0 Å². The van der Waals surface area contributed by atoms with E-state index in [0.29, 0.717) is 18.6 Å². The van der Waals surface area contributed by atoms with E-state index < -0.39 is 0 Å². The first-order chi connectivity index (χ1) is 5.86. The summed E-state index contributed by atoms with van der Waals surface area (Å²) in [7, 11) is 1.76. The Morgan fingerprint density at radius 1 is 1.50 bits per heavy atom. The molecule has 0 fully saturated rings. The second kappa shape index (κ2) is 6.45. The van der Waals surface area contributed by atoms with Gasteiger partial charge in [-0.1, -0.05) is 13.8 Å². The van der Waals surface area contributed by atoms with Crippen molar-refractivity contribution in [1.29, 1.82) is 0 Å². The average molecular weight is 172 g/mol. The molecule has 0 amide bonds. The summed E-state index contributed by atoms with van der Waals surface area (Å²) in [4.78, 5) is 3.92. The van der Waals surface area contributed by atoms with Crippen LogP contribution in [0.25, 0.3) is 0 Å². The third-order valence-electron chi connectivity index (χ3n) is 0.975. The molecule has 5 heteroatoms. The van der Waals surface area contributed by atoms with Gasteiger partial charge in [0.2, 0.25) is 5.95 Å². The fourth-order valence-corrected chi connectivity index (χ4v) is 0.552. The van der Waals surface area contributed by atoms with Gasteiger partial charge in [-0.15, -0.1) is 5.10 Å². The summed E-state index contributed by atoms with van der Waals surface area (Å²) in [5.74, 6) is 0.614. The normalized spacial score (nSPS) is 8.33. The van der Waals surface area contributed by atoms with Crippen molar-refractivity contribution < 1.29 is 4.74 Å². The van der Waals surface area contributed by atoms with Gasteiger partial charge in [-0.05, 0) is 6.92 Å². The van der Waals surface area contributed by atoms with E-state index in [2.05, 4.69) is 20.5 Å². The van der Waals surface area contributed by atoms with Crippen LogP contribution >= 0.6 is 0 Å². The Morgan fingerprint density at radius 2 is 2.17 bits per heavy atom. The fourth-order valence-electron chi connectivity index (χ4n) is 0.552. The Balaban J connectivity index is 0.000000561. The summed E-state index contributed by atoms with van der Waals surface area (Å²) < 4.78 is 4.99. The molecule has 0 bridgehead atoms. The maximum Gasteiger partial charge on any atom is 0.337 e. The highest BCUT2D eigenvalue weighted by Crippen LogP contribution is 2.03. The van der Waals surface area contributed by atoms with Gasteiger partial charge in [0, 0.05) is 7.05 Å². The molecule has 0 saturated carbocycles. The first-order valence-corrected chi connectivity index (χ1v) is 4.09. The van der Waals surface area contributed by atoms with Crippen molar-refractivity contribution in [3.8, 4) is 6.01 Å². The third kappa shape index (κ3) is 3.23. The van der Waals surface area contributed by atoms with Crippen molar-refractivity contribution in [3.63, 3.8) is 0 Å². The lowest BCUT2D eigenvalue weighted by molar-refractivity contribution is 0.314. The average Bonchev–Trinajstić information content (AvgIpc) is 2.57. The molecule has 70 valence electrons. The highest BCUT2D eigenvalue weighted by atomic mass is 16.5. The lowest BCUT2D eigenvalue weighted by Gasteiger charge is -1.91. The summed E-state index contributed by atoms with van der Waals surface area (Å²) in [6, 6.07) is 0.381. The molecule has 0 aromatic carbocycles. The van der Waals surface area contributed by atoms with Gasteiger partial charge in [0.05, 0.1) is 6.61 Å². The van der Waals surface area contributed by atoms with Crippen molar-refractivity contribution in [2.45, 2.75) is 20.8 Å². The van der Waals surface area contributed by atoms with E-state index in [0.717, 1.165) is 0 Å². The van der Waals surface area contributed by atoms with Gasteiger partial charge < -0.3 is 10.1 Å². The molecule has 1 heterocycles. The van der Waals surface area contributed by atoms with Crippen LogP contribution in [0.5, 0.6) is 6.01 Å². The lowest BCUT2D eigenvalue weighted by atomic mass is 10.9. The molecule has 0 spiro atoms. The zero-order chi connectivity index (χ0) is 9.40. The Kier molecular flexibility index (Phi) is 5.77. The molecule has 1 aromatic rings. The maximum atomic E-state index is 4.99. The van der Waals surface area contributed by atoms with Gasteiger partial charge in [0.25, 0.3) is 0 Å². The first-order valence-electron chi connectivity index (χ1n) is 4.09. The maximum absolute atomic E-state index is 4.99. The number of hydrogen-bond donors (Lipinski definition) is 2. The molecule has 2 N–H and O–H groups in total. The number of H-pyrrole nitrogens is 1. The van der Waals surface area contributed by atoms with E-state index >= 15 is 0 Å². The molecular formula is C7H16N4O. The van der Waals surface area contributed by atoms with Crippen LogP contribution in [0.2, 0.25) is 0 Å². The van der Waals surface area contributed by atoms with Gasteiger partial charge in [-0.3, -0.25) is 0 Å². The van der Waals surface area contributed by atoms with Crippen LogP contribution in [-0.2, 0) is 0 Å². The highest BCUT2D eigenvalue weighted by molar-refractivity contribution is 5.22. The Morgan fingerprint density at radius 3 is 2.58 bits per heavy atom. The molecule has 0 atom stereocenters. The van der Waals surface area contributed by atoms with Gasteiger partial charge >= 0.3 is 6.01 Å². The summed E-state index contributed by atoms with van der Waals surface area (Å²) in [6.07, 6.45) is 0. The third-order valence-corrected chi connectivity index (χ3v) is 0.975. The van der Waals surface area contributed by atoms with E-state index in [-0.39, 0.29) is 0 Å². The van der Waals surface area contributed by atoms with Crippen molar-refractivity contribution in [3.05, 3.63) is 0 Å². The van der Waals surface area contributed by atoms with Crippen molar-refractivity contribution in [2.75, 3.05) is 19.0 Å². The van der Waals surface area contributed by atoms with Crippen molar-refractivity contribution >= 4 is 5.95 Å². The predicted octanol–water partition coefficient (Wildman–Crippen LogP) is 1.27. The minimum atomic E-state index is 0.381. The van der Waals surface area contributed by atoms with Crippen LogP contribution < -0.4 is 10.1 Å². The van der Waals surface area contributed by atoms with Crippen LogP contribution in [0.1, 0.15) is 20.8 Å². The first kappa shape index (κ1) is 10.7. The van der Waals surface area contributed by atoms with Gasteiger partial charge in [-0.2, -0.15) is 4.98 Å². The predicted molar refractivity (Wildman–Crippen MR) is 48.4 cm³/mol. The number of ether oxygens (including phenoxy) is 1. The lowest BCUT2D eigenvalue weighted by Crippen LogP contribution is -1.93. The summed E-state index contributed by atoms with van der Waals surface area (Å²) in [5.41, 5.74) is 0. The second-order valence-electron chi connectivity index (χ2n) is 1.65. The largest absolute Gasteiger partial charge is 0.463 e. The van der Waals surface area contributed by atoms with Crippen LogP contribution in [0.15, 0.2) is 0 Å². The summed E-state index contributed by atoms with van der Waals surface area (Å²) >= 11 is 0. The topological polar surface area (TPSA) is 62.8 Å². The van der Waals surface area contributed by atoms with Crippen molar-refractivity contribution in [1.82, 2.24) is 15.2 Å². The van der Waals surface area contributed by atoms with Crippen LogP contribution in [0.4, 0.5) is 5.95 Å². The summed E-state index contributed by atoms with van der Waals surface area (Å²) in [6.45, 7) is 6.47.